The Kier molecular flexibility index (Phi) is 4.00. The van der Waals surface area contributed by atoms with Crippen molar-refractivity contribution in [2.45, 2.75) is 26.2 Å². The molecule has 5 nitrogen and oxygen atoms in total. The molecule has 2 aliphatic rings. The molecule has 0 saturated carbocycles. The van der Waals surface area contributed by atoms with Gasteiger partial charge in [0.05, 0.1) is 12.8 Å². The summed E-state index contributed by atoms with van der Waals surface area (Å²) >= 11 is 0. The Labute approximate surface area is 143 Å². The third-order valence-electron chi connectivity index (χ3n) is 5.04. The molecule has 0 radical (unpaired) electrons. The number of nitrogens with zero attached hydrogens (tertiary/aromatic N) is 4. The standard InChI is InChI=1S/C19H24N4O/c1-14-6-8-15(9-7-14)22-10-12-23(13-11-22)19-20-17-5-3-4-16(17)18(21-19)24-2/h6-9H,3-5,10-13H2,1-2H3. The van der Waals surface area contributed by atoms with Gasteiger partial charge in [-0.1, -0.05) is 17.7 Å². The summed E-state index contributed by atoms with van der Waals surface area (Å²) in [7, 11) is 1.71. The lowest BCUT2D eigenvalue weighted by atomic mass is 10.2. The highest BCUT2D eigenvalue weighted by Gasteiger charge is 2.24. The number of hydrogen-bond donors (Lipinski definition) is 0. The molecule has 126 valence electrons. The first kappa shape index (κ1) is 15.2. The zero-order valence-electron chi connectivity index (χ0n) is 14.5. The van der Waals surface area contributed by atoms with Crippen molar-refractivity contribution in [3.63, 3.8) is 0 Å². The van der Waals surface area contributed by atoms with Gasteiger partial charge >= 0.3 is 0 Å². The molecule has 1 aliphatic heterocycles. The molecule has 24 heavy (non-hydrogen) atoms. The summed E-state index contributed by atoms with van der Waals surface area (Å²) in [6.45, 7) is 5.99. The van der Waals surface area contributed by atoms with Gasteiger partial charge in [0.15, 0.2) is 0 Å². The average molecular weight is 324 g/mol. The zero-order valence-corrected chi connectivity index (χ0v) is 14.5. The van der Waals surface area contributed by atoms with Crippen LogP contribution in [-0.4, -0.2) is 43.3 Å². The fraction of sp³-hybridized carbons (Fsp3) is 0.474. The number of piperazine rings is 1. The molecule has 0 atom stereocenters. The number of benzene rings is 1. The molecule has 1 aliphatic carbocycles. The average Bonchev–Trinajstić information content (AvgIpc) is 3.10. The van der Waals surface area contributed by atoms with E-state index < -0.39 is 0 Å². The molecule has 1 saturated heterocycles. The van der Waals surface area contributed by atoms with Crippen LogP contribution in [0.3, 0.4) is 0 Å². The molecule has 1 aromatic carbocycles. The van der Waals surface area contributed by atoms with Gasteiger partial charge in [-0.2, -0.15) is 4.98 Å². The molecule has 0 unspecified atom stereocenters. The quantitative estimate of drug-likeness (QED) is 0.868. The number of aromatic nitrogens is 2. The maximum absolute atomic E-state index is 5.50. The highest BCUT2D eigenvalue weighted by molar-refractivity contribution is 5.50. The Bertz CT molecular complexity index is 721. The number of fused-ring (bicyclic) bond motifs is 1. The van der Waals surface area contributed by atoms with Gasteiger partial charge in [-0.25, -0.2) is 4.98 Å². The number of anilines is 2. The monoisotopic (exact) mass is 324 g/mol. The molecule has 2 aromatic rings. The van der Waals surface area contributed by atoms with Crippen molar-refractivity contribution in [2.24, 2.45) is 0 Å². The molecule has 1 fully saturated rings. The predicted octanol–water partition coefficient (Wildman–Crippen LogP) is 2.61. The zero-order chi connectivity index (χ0) is 16.5. The van der Waals surface area contributed by atoms with Crippen LogP contribution in [0, 0.1) is 6.92 Å². The smallest absolute Gasteiger partial charge is 0.229 e. The number of methoxy groups -OCH3 is 1. The summed E-state index contributed by atoms with van der Waals surface area (Å²) in [6, 6.07) is 8.77. The fourth-order valence-electron chi connectivity index (χ4n) is 3.62. The van der Waals surface area contributed by atoms with Crippen LogP contribution in [0.25, 0.3) is 0 Å². The van der Waals surface area contributed by atoms with E-state index in [0.29, 0.717) is 0 Å². The van der Waals surface area contributed by atoms with Crippen LogP contribution in [0.15, 0.2) is 24.3 Å². The van der Waals surface area contributed by atoms with Gasteiger partial charge in [-0.15, -0.1) is 0 Å². The highest BCUT2D eigenvalue weighted by Crippen LogP contribution is 2.30. The Hall–Kier alpha value is -2.30. The number of aryl methyl sites for hydroxylation is 2. The lowest BCUT2D eigenvalue weighted by Gasteiger charge is -2.36. The van der Waals surface area contributed by atoms with Crippen molar-refractivity contribution in [3.05, 3.63) is 41.1 Å². The fourth-order valence-corrected chi connectivity index (χ4v) is 3.62. The van der Waals surface area contributed by atoms with E-state index >= 15 is 0 Å². The summed E-state index contributed by atoms with van der Waals surface area (Å²) < 4.78 is 5.50. The molecule has 5 heteroatoms. The van der Waals surface area contributed by atoms with Crippen LogP contribution in [-0.2, 0) is 12.8 Å². The van der Waals surface area contributed by atoms with E-state index in [1.54, 1.807) is 7.11 Å². The first-order valence-corrected chi connectivity index (χ1v) is 8.75. The first-order valence-electron chi connectivity index (χ1n) is 8.75. The summed E-state index contributed by atoms with van der Waals surface area (Å²) in [5.41, 5.74) is 4.99. The molecule has 0 bridgehead atoms. The first-order chi connectivity index (χ1) is 11.7. The van der Waals surface area contributed by atoms with E-state index in [4.69, 9.17) is 9.72 Å². The van der Waals surface area contributed by atoms with Crippen molar-refractivity contribution in [1.29, 1.82) is 0 Å². The van der Waals surface area contributed by atoms with Gasteiger partial charge in [-0.3, -0.25) is 0 Å². The van der Waals surface area contributed by atoms with Crippen molar-refractivity contribution < 1.29 is 4.74 Å². The minimum Gasteiger partial charge on any atom is -0.481 e. The van der Waals surface area contributed by atoms with Crippen LogP contribution >= 0.6 is 0 Å². The van der Waals surface area contributed by atoms with Crippen molar-refractivity contribution >= 4 is 11.6 Å². The SMILES string of the molecule is COc1nc(N2CCN(c3ccc(C)cc3)CC2)nc2c1CCC2. The van der Waals surface area contributed by atoms with E-state index in [0.717, 1.165) is 57.3 Å². The molecular weight excluding hydrogens is 300 g/mol. The summed E-state index contributed by atoms with van der Waals surface area (Å²) in [6.07, 6.45) is 3.25. The third-order valence-corrected chi connectivity index (χ3v) is 5.04. The van der Waals surface area contributed by atoms with Gasteiger partial charge < -0.3 is 14.5 Å². The second-order valence-corrected chi connectivity index (χ2v) is 6.62. The van der Waals surface area contributed by atoms with E-state index in [-0.39, 0.29) is 0 Å². The van der Waals surface area contributed by atoms with Crippen molar-refractivity contribution in [2.75, 3.05) is 43.1 Å². The van der Waals surface area contributed by atoms with Crippen LogP contribution in [0.2, 0.25) is 0 Å². The predicted molar refractivity (Wildman–Crippen MR) is 96.2 cm³/mol. The third kappa shape index (κ3) is 2.79. The molecule has 2 heterocycles. The lowest BCUT2D eigenvalue weighted by Crippen LogP contribution is -2.47. The number of rotatable bonds is 3. The molecule has 1 aromatic heterocycles. The molecule has 0 spiro atoms. The lowest BCUT2D eigenvalue weighted by molar-refractivity contribution is 0.391. The molecule has 4 rings (SSSR count). The van der Waals surface area contributed by atoms with Gasteiger partial charge in [0, 0.05) is 37.4 Å². The van der Waals surface area contributed by atoms with Crippen LogP contribution in [0.4, 0.5) is 11.6 Å². The minimum atomic E-state index is 0.772. The van der Waals surface area contributed by atoms with E-state index in [1.807, 2.05) is 0 Å². The van der Waals surface area contributed by atoms with Gasteiger partial charge in [-0.05, 0) is 38.3 Å². The topological polar surface area (TPSA) is 41.5 Å². The maximum atomic E-state index is 5.50. The van der Waals surface area contributed by atoms with Crippen LogP contribution in [0.1, 0.15) is 23.2 Å². The Morgan fingerprint density at radius 3 is 2.33 bits per heavy atom. The minimum absolute atomic E-state index is 0.772. The second kappa shape index (κ2) is 6.30. The van der Waals surface area contributed by atoms with Crippen molar-refractivity contribution in [3.8, 4) is 5.88 Å². The van der Waals surface area contributed by atoms with Crippen molar-refractivity contribution in [1.82, 2.24) is 9.97 Å². The normalized spacial score (nSPS) is 17.1. The molecule has 0 amide bonds. The Balaban J connectivity index is 1.49. The molecule has 0 N–H and O–H groups in total. The van der Waals surface area contributed by atoms with E-state index in [2.05, 4.69) is 46.0 Å². The van der Waals surface area contributed by atoms with Crippen LogP contribution in [0.5, 0.6) is 5.88 Å². The van der Waals surface area contributed by atoms with E-state index in [1.165, 1.54) is 22.5 Å². The van der Waals surface area contributed by atoms with Crippen LogP contribution < -0.4 is 14.5 Å². The summed E-state index contributed by atoms with van der Waals surface area (Å²) in [5, 5.41) is 0. The largest absolute Gasteiger partial charge is 0.481 e. The Morgan fingerprint density at radius 2 is 1.62 bits per heavy atom. The second-order valence-electron chi connectivity index (χ2n) is 6.62. The number of hydrogen-bond acceptors (Lipinski definition) is 5. The summed E-state index contributed by atoms with van der Waals surface area (Å²) in [4.78, 5) is 14.2. The Morgan fingerprint density at radius 1 is 0.917 bits per heavy atom. The highest BCUT2D eigenvalue weighted by atomic mass is 16.5. The summed E-state index contributed by atoms with van der Waals surface area (Å²) in [5.74, 6) is 1.60. The van der Waals surface area contributed by atoms with Gasteiger partial charge in [0.25, 0.3) is 0 Å². The van der Waals surface area contributed by atoms with Gasteiger partial charge in [0.1, 0.15) is 0 Å². The maximum Gasteiger partial charge on any atom is 0.229 e. The number of ether oxygens (including phenoxy) is 1. The van der Waals surface area contributed by atoms with E-state index in [9.17, 15) is 0 Å². The molecular formula is C19H24N4O. The van der Waals surface area contributed by atoms with Gasteiger partial charge in [0.2, 0.25) is 11.8 Å².